The molecule has 0 atom stereocenters. The molecule has 0 radical (unpaired) electrons. The summed E-state index contributed by atoms with van der Waals surface area (Å²) in [6.07, 6.45) is 3.14. The van der Waals surface area contributed by atoms with Crippen LogP contribution in [0.1, 0.15) is 16.7 Å². The number of hydrogen-bond donors (Lipinski definition) is 1. The van der Waals surface area contributed by atoms with E-state index in [1.54, 1.807) is 7.11 Å². The fraction of sp³-hybridized carbons (Fsp3) is 0.231. The molecule has 4 heteroatoms. The quantitative estimate of drug-likeness (QED) is 0.397. The van der Waals surface area contributed by atoms with Crippen LogP contribution in [0, 0.1) is 0 Å². The summed E-state index contributed by atoms with van der Waals surface area (Å²) in [5.74, 6) is 1.86. The molecule has 4 nitrogen and oxygen atoms in total. The molecule has 1 heterocycles. The third-order valence-electron chi connectivity index (χ3n) is 5.37. The summed E-state index contributed by atoms with van der Waals surface area (Å²) in [5, 5.41) is 4.75. The number of aryl methyl sites for hydroxylation is 1. The molecule has 0 aliphatic rings. The van der Waals surface area contributed by atoms with Gasteiger partial charge in [0.2, 0.25) is 0 Å². The zero-order chi connectivity index (χ0) is 20.8. The summed E-state index contributed by atoms with van der Waals surface area (Å²) in [6, 6.07) is 24.7. The van der Waals surface area contributed by atoms with Crippen LogP contribution in [-0.4, -0.2) is 18.2 Å². The van der Waals surface area contributed by atoms with E-state index in [1.165, 1.54) is 27.6 Å². The van der Waals surface area contributed by atoms with Gasteiger partial charge < -0.3 is 19.4 Å². The third-order valence-corrected chi connectivity index (χ3v) is 5.37. The van der Waals surface area contributed by atoms with Crippen molar-refractivity contribution in [2.75, 3.05) is 13.7 Å². The molecule has 0 bridgehead atoms. The lowest BCUT2D eigenvalue weighted by Gasteiger charge is -2.11. The van der Waals surface area contributed by atoms with Crippen LogP contribution in [0.4, 0.5) is 0 Å². The van der Waals surface area contributed by atoms with Gasteiger partial charge in [0, 0.05) is 30.7 Å². The standard InChI is InChI=1S/C26H28N2O2/c1-28-18-22(15-16-27-17-21-11-6-7-13-24(21)29-2)26-23(28)12-8-14-25(26)30-19-20-9-4-3-5-10-20/h3-14,18,27H,15-17,19H2,1-2H3. The van der Waals surface area contributed by atoms with E-state index in [-0.39, 0.29) is 0 Å². The van der Waals surface area contributed by atoms with Gasteiger partial charge in [-0.15, -0.1) is 0 Å². The van der Waals surface area contributed by atoms with E-state index in [0.717, 1.165) is 31.0 Å². The number of methoxy groups -OCH3 is 1. The van der Waals surface area contributed by atoms with Crippen molar-refractivity contribution in [3.63, 3.8) is 0 Å². The van der Waals surface area contributed by atoms with Crippen molar-refractivity contribution >= 4 is 10.9 Å². The first-order chi connectivity index (χ1) is 14.8. The molecule has 4 aromatic rings. The van der Waals surface area contributed by atoms with Crippen molar-refractivity contribution in [3.8, 4) is 11.5 Å². The van der Waals surface area contributed by atoms with Crippen LogP contribution in [0.25, 0.3) is 10.9 Å². The van der Waals surface area contributed by atoms with Gasteiger partial charge >= 0.3 is 0 Å². The molecule has 0 aliphatic heterocycles. The Hall–Kier alpha value is -3.24. The van der Waals surface area contributed by atoms with E-state index < -0.39 is 0 Å². The normalized spacial score (nSPS) is 11.0. The lowest BCUT2D eigenvalue weighted by molar-refractivity contribution is 0.310. The Bertz CT molecular complexity index is 1100. The Morgan fingerprint density at radius 3 is 2.43 bits per heavy atom. The molecule has 154 valence electrons. The number of fused-ring (bicyclic) bond motifs is 1. The largest absolute Gasteiger partial charge is 0.496 e. The number of benzene rings is 3. The van der Waals surface area contributed by atoms with E-state index in [2.05, 4.69) is 59.5 Å². The molecule has 0 saturated carbocycles. The van der Waals surface area contributed by atoms with Crippen LogP contribution < -0.4 is 14.8 Å². The summed E-state index contributed by atoms with van der Waals surface area (Å²) >= 11 is 0. The smallest absolute Gasteiger partial charge is 0.129 e. The van der Waals surface area contributed by atoms with Gasteiger partial charge in [-0.05, 0) is 42.3 Å². The van der Waals surface area contributed by atoms with Gasteiger partial charge in [0.25, 0.3) is 0 Å². The molecule has 0 fully saturated rings. The van der Waals surface area contributed by atoms with Gasteiger partial charge in [-0.1, -0.05) is 54.6 Å². The molecule has 30 heavy (non-hydrogen) atoms. The van der Waals surface area contributed by atoms with E-state index in [1.807, 2.05) is 36.4 Å². The Kier molecular flexibility index (Phi) is 6.35. The first-order valence-corrected chi connectivity index (χ1v) is 10.3. The van der Waals surface area contributed by atoms with Crippen molar-refractivity contribution in [3.05, 3.63) is 95.7 Å². The van der Waals surface area contributed by atoms with Crippen molar-refractivity contribution in [1.82, 2.24) is 9.88 Å². The number of ether oxygens (including phenoxy) is 2. The second kappa shape index (κ2) is 9.51. The van der Waals surface area contributed by atoms with Gasteiger partial charge in [-0.2, -0.15) is 0 Å². The topological polar surface area (TPSA) is 35.4 Å². The van der Waals surface area contributed by atoms with Crippen LogP contribution in [0.2, 0.25) is 0 Å². The van der Waals surface area contributed by atoms with Crippen molar-refractivity contribution < 1.29 is 9.47 Å². The van der Waals surface area contributed by atoms with E-state index in [0.29, 0.717) is 6.61 Å². The lowest BCUT2D eigenvalue weighted by atomic mass is 10.1. The highest BCUT2D eigenvalue weighted by molar-refractivity contribution is 5.90. The van der Waals surface area contributed by atoms with E-state index in [9.17, 15) is 0 Å². The maximum atomic E-state index is 6.21. The number of nitrogens with zero attached hydrogens (tertiary/aromatic N) is 1. The number of aromatic nitrogens is 1. The summed E-state index contributed by atoms with van der Waals surface area (Å²) in [7, 11) is 3.81. The van der Waals surface area contributed by atoms with Crippen LogP contribution in [0.15, 0.2) is 79.0 Å². The second-order valence-corrected chi connectivity index (χ2v) is 7.43. The van der Waals surface area contributed by atoms with Gasteiger partial charge in [-0.3, -0.25) is 0 Å². The summed E-state index contributed by atoms with van der Waals surface area (Å²) in [4.78, 5) is 0. The number of rotatable bonds is 9. The summed E-state index contributed by atoms with van der Waals surface area (Å²) < 4.78 is 13.8. The highest BCUT2D eigenvalue weighted by Gasteiger charge is 2.12. The molecule has 1 aromatic heterocycles. The van der Waals surface area contributed by atoms with Gasteiger partial charge in [0.05, 0.1) is 12.6 Å². The Balaban J connectivity index is 1.45. The Morgan fingerprint density at radius 2 is 1.60 bits per heavy atom. The monoisotopic (exact) mass is 400 g/mol. The maximum Gasteiger partial charge on any atom is 0.129 e. The second-order valence-electron chi connectivity index (χ2n) is 7.43. The highest BCUT2D eigenvalue weighted by atomic mass is 16.5. The maximum absolute atomic E-state index is 6.21. The molecule has 4 rings (SSSR count). The SMILES string of the molecule is COc1ccccc1CNCCc1cn(C)c2cccc(OCc3ccccc3)c12. The zero-order valence-corrected chi connectivity index (χ0v) is 17.6. The average molecular weight is 401 g/mol. The molecule has 0 spiro atoms. The minimum Gasteiger partial charge on any atom is -0.496 e. The van der Waals surface area contributed by atoms with E-state index in [4.69, 9.17) is 9.47 Å². The molecular formula is C26H28N2O2. The van der Waals surface area contributed by atoms with Crippen LogP contribution in [-0.2, 0) is 26.6 Å². The molecule has 1 N–H and O–H groups in total. The van der Waals surface area contributed by atoms with Crippen LogP contribution in [0.3, 0.4) is 0 Å². The van der Waals surface area contributed by atoms with Gasteiger partial charge in [0.15, 0.2) is 0 Å². The first kappa shape index (κ1) is 20.0. The fourth-order valence-corrected chi connectivity index (χ4v) is 3.84. The number of nitrogens with one attached hydrogen (secondary N) is 1. The third kappa shape index (κ3) is 4.50. The predicted octanol–water partition coefficient (Wildman–Crippen LogP) is 5.10. The Labute approximate surface area is 178 Å². The van der Waals surface area contributed by atoms with Crippen LogP contribution in [0.5, 0.6) is 11.5 Å². The lowest BCUT2D eigenvalue weighted by Crippen LogP contribution is -2.17. The minimum absolute atomic E-state index is 0.570. The van der Waals surface area contributed by atoms with Crippen molar-refractivity contribution in [1.29, 1.82) is 0 Å². The van der Waals surface area contributed by atoms with E-state index >= 15 is 0 Å². The van der Waals surface area contributed by atoms with Gasteiger partial charge in [-0.25, -0.2) is 0 Å². The molecule has 0 amide bonds. The summed E-state index contributed by atoms with van der Waals surface area (Å²) in [6.45, 7) is 2.23. The first-order valence-electron chi connectivity index (χ1n) is 10.3. The minimum atomic E-state index is 0.570. The Morgan fingerprint density at radius 1 is 0.833 bits per heavy atom. The zero-order valence-electron chi connectivity index (χ0n) is 17.6. The molecule has 3 aromatic carbocycles. The highest BCUT2D eigenvalue weighted by Crippen LogP contribution is 2.31. The van der Waals surface area contributed by atoms with Crippen LogP contribution >= 0.6 is 0 Å². The molecule has 0 unspecified atom stereocenters. The fourth-order valence-electron chi connectivity index (χ4n) is 3.84. The van der Waals surface area contributed by atoms with Crippen molar-refractivity contribution in [2.45, 2.75) is 19.6 Å². The molecule has 0 saturated heterocycles. The van der Waals surface area contributed by atoms with Gasteiger partial charge in [0.1, 0.15) is 18.1 Å². The molecular weight excluding hydrogens is 372 g/mol. The van der Waals surface area contributed by atoms with Crippen molar-refractivity contribution in [2.24, 2.45) is 7.05 Å². The number of hydrogen-bond acceptors (Lipinski definition) is 3. The molecule has 0 aliphatic carbocycles. The summed E-state index contributed by atoms with van der Waals surface area (Å²) in [5.41, 5.74) is 4.83. The average Bonchev–Trinajstić information content (AvgIpc) is 3.12. The number of para-hydroxylation sites is 1. The predicted molar refractivity (Wildman–Crippen MR) is 122 cm³/mol.